The van der Waals surface area contributed by atoms with Gasteiger partial charge in [0.25, 0.3) is 0 Å². The van der Waals surface area contributed by atoms with Crippen molar-refractivity contribution in [2.24, 2.45) is 0 Å². The molecule has 0 aliphatic heterocycles. The smallest absolute Gasteiger partial charge is 0.307 e. The average molecular weight is 231 g/mol. The number of carbonyl (C=O) groups is 2. The SMILES string of the molecule is CCCC(=O)N(CCC(=O)OC)CC(C)O. The van der Waals surface area contributed by atoms with Crippen molar-refractivity contribution in [3.05, 3.63) is 0 Å². The average Bonchev–Trinajstić information content (AvgIpc) is 2.23. The fourth-order valence-corrected chi connectivity index (χ4v) is 1.34. The molecule has 1 amide bonds. The molecule has 0 saturated heterocycles. The van der Waals surface area contributed by atoms with E-state index in [1.54, 1.807) is 6.92 Å². The maximum atomic E-state index is 11.6. The molecule has 0 radical (unpaired) electrons. The van der Waals surface area contributed by atoms with Crippen molar-refractivity contribution < 1.29 is 19.4 Å². The predicted molar refractivity (Wildman–Crippen MR) is 59.8 cm³/mol. The fourth-order valence-electron chi connectivity index (χ4n) is 1.34. The number of carbonyl (C=O) groups excluding carboxylic acids is 2. The number of amides is 1. The lowest BCUT2D eigenvalue weighted by Gasteiger charge is -2.23. The Bertz CT molecular complexity index is 228. The van der Waals surface area contributed by atoms with Crippen LogP contribution >= 0.6 is 0 Å². The second-order valence-electron chi connectivity index (χ2n) is 3.76. The van der Waals surface area contributed by atoms with Crippen LogP contribution in [-0.2, 0) is 14.3 Å². The molecule has 0 aromatic rings. The van der Waals surface area contributed by atoms with Gasteiger partial charge in [-0.1, -0.05) is 6.92 Å². The molecule has 0 aliphatic carbocycles. The first-order valence-corrected chi connectivity index (χ1v) is 5.53. The van der Waals surface area contributed by atoms with Crippen molar-refractivity contribution in [2.75, 3.05) is 20.2 Å². The van der Waals surface area contributed by atoms with E-state index in [1.165, 1.54) is 12.0 Å². The Hall–Kier alpha value is -1.10. The lowest BCUT2D eigenvalue weighted by atomic mass is 10.2. The number of hydrogen-bond donors (Lipinski definition) is 1. The summed E-state index contributed by atoms with van der Waals surface area (Å²) < 4.78 is 4.51. The summed E-state index contributed by atoms with van der Waals surface area (Å²) in [5, 5.41) is 9.25. The minimum atomic E-state index is -0.585. The van der Waals surface area contributed by atoms with Crippen LogP contribution in [-0.4, -0.2) is 48.2 Å². The third-order valence-corrected chi connectivity index (χ3v) is 2.11. The molecule has 0 saturated carbocycles. The zero-order valence-corrected chi connectivity index (χ0v) is 10.2. The van der Waals surface area contributed by atoms with E-state index in [0.29, 0.717) is 13.0 Å². The number of rotatable bonds is 7. The molecule has 5 heteroatoms. The van der Waals surface area contributed by atoms with E-state index < -0.39 is 6.10 Å². The van der Waals surface area contributed by atoms with Crippen LogP contribution in [0.3, 0.4) is 0 Å². The third kappa shape index (κ3) is 6.40. The van der Waals surface area contributed by atoms with E-state index in [2.05, 4.69) is 4.74 Å². The van der Waals surface area contributed by atoms with Gasteiger partial charge in [0, 0.05) is 19.5 Å². The number of ether oxygens (including phenoxy) is 1. The lowest BCUT2D eigenvalue weighted by molar-refractivity contribution is -0.142. The highest BCUT2D eigenvalue weighted by molar-refractivity contribution is 5.77. The van der Waals surface area contributed by atoms with Crippen LogP contribution in [0.25, 0.3) is 0 Å². The number of hydrogen-bond acceptors (Lipinski definition) is 4. The largest absolute Gasteiger partial charge is 0.469 e. The quantitative estimate of drug-likeness (QED) is 0.650. The van der Waals surface area contributed by atoms with E-state index in [9.17, 15) is 14.7 Å². The van der Waals surface area contributed by atoms with Crippen LogP contribution in [0.4, 0.5) is 0 Å². The standard InChI is InChI=1S/C11H21NO4/c1-4-5-10(14)12(8-9(2)13)7-6-11(15)16-3/h9,13H,4-8H2,1-3H3. The second kappa shape index (κ2) is 8.10. The van der Waals surface area contributed by atoms with Crippen molar-refractivity contribution in [1.29, 1.82) is 0 Å². The Morgan fingerprint density at radius 2 is 2.00 bits per heavy atom. The lowest BCUT2D eigenvalue weighted by Crippen LogP contribution is -2.38. The van der Waals surface area contributed by atoms with E-state index in [4.69, 9.17) is 0 Å². The van der Waals surface area contributed by atoms with Gasteiger partial charge in [-0.05, 0) is 13.3 Å². The highest BCUT2D eigenvalue weighted by Crippen LogP contribution is 2.02. The van der Waals surface area contributed by atoms with Gasteiger partial charge in [0.1, 0.15) is 0 Å². The Morgan fingerprint density at radius 1 is 1.38 bits per heavy atom. The summed E-state index contributed by atoms with van der Waals surface area (Å²) in [6, 6.07) is 0. The van der Waals surface area contributed by atoms with E-state index in [-0.39, 0.29) is 24.8 Å². The van der Waals surface area contributed by atoms with E-state index >= 15 is 0 Å². The number of nitrogens with zero attached hydrogens (tertiary/aromatic N) is 1. The minimum absolute atomic E-state index is 0.0349. The van der Waals surface area contributed by atoms with Gasteiger partial charge in [0.15, 0.2) is 0 Å². The van der Waals surface area contributed by atoms with Crippen LogP contribution in [0.5, 0.6) is 0 Å². The van der Waals surface area contributed by atoms with Crippen molar-refractivity contribution in [3.63, 3.8) is 0 Å². The van der Waals surface area contributed by atoms with Gasteiger partial charge in [-0.3, -0.25) is 9.59 Å². The van der Waals surface area contributed by atoms with Crippen LogP contribution in [0.15, 0.2) is 0 Å². The molecule has 0 heterocycles. The summed E-state index contributed by atoms with van der Waals surface area (Å²) in [4.78, 5) is 24.1. The fraction of sp³-hybridized carbons (Fsp3) is 0.818. The molecule has 1 unspecified atom stereocenters. The number of aliphatic hydroxyl groups excluding tert-OH is 1. The van der Waals surface area contributed by atoms with E-state index in [1.807, 2.05) is 6.92 Å². The van der Waals surface area contributed by atoms with Gasteiger partial charge in [0.05, 0.1) is 19.6 Å². The molecule has 1 N–H and O–H groups in total. The van der Waals surface area contributed by atoms with Crippen LogP contribution in [0.1, 0.15) is 33.1 Å². The molecular weight excluding hydrogens is 210 g/mol. The Morgan fingerprint density at radius 3 is 2.44 bits per heavy atom. The molecule has 0 bridgehead atoms. The molecule has 16 heavy (non-hydrogen) atoms. The van der Waals surface area contributed by atoms with Gasteiger partial charge in [-0.2, -0.15) is 0 Å². The summed E-state index contributed by atoms with van der Waals surface area (Å²) in [5.41, 5.74) is 0. The molecule has 0 aromatic carbocycles. The van der Waals surface area contributed by atoms with E-state index in [0.717, 1.165) is 6.42 Å². The van der Waals surface area contributed by atoms with Gasteiger partial charge in [-0.25, -0.2) is 0 Å². The Balaban J connectivity index is 4.19. The predicted octanol–water partition coefficient (Wildman–Crippen LogP) is 0.559. The summed E-state index contributed by atoms with van der Waals surface area (Å²) in [5.74, 6) is -0.382. The third-order valence-electron chi connectivity index (χ3n) is 2.11. The number of aliphatic hydroxyl groups is 1. The topological polar surface area (TPSA) is 66.8 Å². The summed E-state index contributed by atoms with van der Waals surface area (Å²) in [6.07, 6.45) is 0.776. The highest BCUT2D eigenvalue weighted by atomic mass is 16.5. The Labute approximate surface area is 96.4 Å². The zero-order chi connectivity index (χ0) is 12.6. The molecule has 1 atom stereocenters. The molecule has 0 rings (SSSR count). The second-order valence-corrected chi connectivity index (χ2v) is 3.76. The van der Waals surface area contributed by atoms with Gasteiger partial charge in [0.2, 0.25) is 5.91 Å². The van der Waals surface area contributed by atoms with Crippen molar-refractivity contribution in [1.82, 2.24) is 4.90 Å². The summed E-state index contributed by atoms with van der Waals surface area (Å²) in [6.45, 7) is 4.09. The molecule has 94 valence electrons. The Kier molecular flexibility index (Phi) is 7.54. The van der Waals surface area contributed by atoms with Gasteiger partial charge < -0.3 is 14.7 Å². The molecule has 0 aromatic heterocycles. The monoisotopic (exact) mass is 231 g/mol. The van der Waals surface area contributed by atoms with Crippen molar-refractivity contribution in [3.8, 4) is 0 Å². The number of methoxy groups -OCH3 is 1. The highest BCUT2D eigenvalue weighted by Gasteiger charge is 2.15. The first-order chi connectivity index (χ1) is 7.51. The summed E-state index contributed by atoms with van der Waals surface area (Å²) >= 11 is 0. The van der Waals surface area contributed by atoms with Crippen molar-refractivity contribution >= 4 is 11.9 Å². The zero-order valence-electron chi connectivity index (χ0n) is 10.2. The summed E-state index contributed by atoms with van der Waals surface area (Å²) in [7, 11) is 1.31. The first-order valence-electron chi connectivity index (χ1n) is 5.53. The van der Waals surface area contributed by atoms with Crippen LogP contribution in [0.2, 0.25) is 0 Å². The molecule has 0 fully saturated rings. The molecule has 0 aliphatic rings. The molecule has 0 spiro atoms. The van der Waals surface area contributed by atoms with Gasteiger partial charge in [-0.15, -0.1) is 0 Å². The number of esters is 1. The molecular formula is C11H21NO4. The maximum absolute atomic E-state index is 11.6. The maximum Gasteiger partial charge on any atom is 0.307 e. The first kappa shape index (κ1) is 14.9. The normalized spacial score (nSPS) is 12.0. The van der Waals surface area contributed by atoms with Crippen LogP contribution < -0.4 is 0 Å². The van der Waals surface area contributed by atoms with Crippen LogP contribution in [0, 0.1) is 0 Å². The molecule has 5 nitrogen and oxygen atoms in total. The van der Waals surface area contributed by atoms with Crippen molar-refractivity contribution in [2.45, 2.75) is 39.2 Å². The minimum Gasteiger partial charge on any atom is -0.469 e. The van der Waals surface area contributed by atoms with Gasteiger partial charge >= 0.3 is 5.97 Å².